The molecule has 5 heteroatoms. The largest absolute Gasteiger partial charge is 0.508 e. The zero-order chi connectivity index (χ0) is 13.0. The topological polar surface area (TPSA) is 78.0 Å². The molecule has 3 N–H and O–H groups in total. The minimum atomic E-state index is -0.180. The zero-order valence-electron chi connectivity index (χ0n) is 10.1. The second kappa shape index (κ2) is 5.46. The Morgan fingerprint density at radius 1 is 1.33 bits per heavy atom. The monoisotopic (exact) mass is 245 g/mol. The lowest BCUT2D eigenvalue weighted by Crippen LogP contribution is -2.17. The van der Waals surface area contributed by atoms with Gasteiger partial charge in [0.25, 0.3) is 5.56 Å². The van der Waals surface area contributed by atoms with Crippen molar-refractivity contribution in [1.29, 1.82) is 0 Å². The third-order valence-corrected chi connectivity index (χ3v) is 2.49. The zero-order valence-corrected chi connectivity index (χ0v) is 10.1. The van der Waals surface area contributed by atoms with Crippen LogP contribution in [0.25, 0.3) is 11.4 Å². The molecule has 0 saturated heterocycles. The van der Waals surface area contributed by atoms with Gasteiger partial charge in [0.05, 0.1) is 5.69 Å². The van der Waals surface area contributed by atoms with Crippen molar-refractivity contribution in [3.63, 3.8) is 0 Å². The summed E-state index contributed by atoms with van der Waals surface area (Å²) in [6, 6.07) is 8.03. The molecular weight excluding hydrogens is 230 g/mol. The number of aromatic amines is 1. The van der Waals surface area contributed by atoms with Crippen LogP contribution in [0, 0.1) is 0 Å². The van der Waals surface area contributed by atoms with E-state index in [4.69, 9.17) is 0 Å². The van der Waals surface area contributed by atoms with Crippen molar-refractivity contribution < 1.29 is 5.11 Å². The summed E-state index contributed by atoms with van der Waals surface area (Å²) in [6.45, 7) is 3.38. The van der Waals surface area contributed by atoms with Gasteiger partial charge >= 0.3 is 0 Å². The van der Waals surface area contributed by atoms with Crippen LogP contribution in [0.1, 0.15) is 12.6 Å². The molecule has 2 rings (SSSR count). The molecule has 1 heterocycles. The van der Waals surface area contributed by atoms with Crippen LogP contribution < -0.4 is 10.9 Å². The van der Waals surface area contributed by atoms with Crippen molar-refractivity contribution in [1.82, 2.24) is 15.3 Å². The molecule has 0 aliphatic carbocycles. The molecule has 0 bridgehead atoms. The van der Waals surface area contributed by atoms with Crippen LogP contribution in [0.5, 0.6) is 5.75 Å². The molecule has 1 aromatic carbocycles. The molecule has 0 fully saturated rings. The second-order valence-electron chi connectivity index (χ2n) is 3.91. The van der Waals surface area contributed by atoms with E-state index in [2.05, 4.69) is 15.3 Å². The molecule has 0 aliphatic heterocycles. The first-order valence-electron chi connectivity index (χ1n) is 5.79. The Balaban J connectivity index is 2.35. The van der Waals surface area contributed by atoms with Gasteiger partial charge in [-0.1, -0.05) is 6.92 Å². The number of nitrogens with zero attached hydrogens (tertiary/aromatic N) is 1. The average Bonchev–Trinajstić information content (AvgIpc) is 2.36. The molecule has 0 aliphatic rings. The van der Waals surface area contributed by atoms with Crippen molar-refractivity contribution >= 4 is 0 Å². The second-order valence-corrected chi connectivity index (χ2v) is 3.91. The summed E-state index contributed by atoms with van der Waals surface area (Å²) in [5.74, 6) is 0.695. The summed E-state index contributed by atoms with van der Waals surface area (Å²) in [5, 5.41) is 12.4. The Hall–Kier alpha value is -2.14. The fourth-order valence-electron chi connectivity index (χ4n) is 1.61. The Kier molecular flexibility index (Phi) is 3.74. The summed E-state index contributed by atoms with van der Waals surface area (Å²) in [5.41, 5.74) is 1.29. The maximum Gasteiger partial charge on any atom is 0.251 e. The van der Waals surface area contributed by atoms with E-state index in [0.29, 0.717) is 18.1 Å². The van der Waals surface area contributed by atoms with Gasteiger partial charge in [0, 0.05) is 18.2 Å². The van der Waals surface area contributed by atoms with Crippen LogP contribution in [0.15, 0.2) is 35.1 Å². The number of hydrogen-bond donors (Lipinski definition) is 3. The number of H-pyrrole nitrogens is 1. The van der Waals surface area contributed by atoms with Crippen LogP contribution in [-0.2, 0) is 6.54 Å². The van der Waals surface area contributed by atoms with E-state index in [1.54, 1.807) is 24.3 Å². The van der Waals surface area contributed by atoms with Crippen molar-refractivity contribution in [3.05, 3.63) is 46.4 Å². The van der Waals surface area contributed by atoms with Crippen molar-refractivity contribution in [2.24, 2.45) is 0 Å². The minimum Gasteiger partial charge on any atom is -0.508 e. The summed E-state index contributed by atoms with van der Waals surface area (Å²) in [7, 11) is 0. The van der Waals surface area contributed by atoms with Crippen LogP contribution in [0.4, 0.5) is 0 Å². The van der Waals surface area contributed by atoms with E-state index < -0.39 is 0 Å². The van der Waals surface area contributed by atoms with E-state index in [1.165, 1.54) is 6.07 Å². The first-order chi connectivity index (χ1) is 8.69. The van der Waals surface area contributed by atoms with Gasteiger partial charge in [0.15, 0.2) is 0 Å². The van der Waals surface area contributed by atoms with Gasteiger partial charge in [-0.25, -0.2) is 4.98 Å². The number of rotatable bonds is 4. The lowest BCUT2D eigenvalue weighted by atomic mass is 10.2. The SMILES string of the molecule is CCNCc1cc(=O)[nH]c(-c2ccc(O)cc2)n1. The molecule has 0 radical (unpaired) electrons. The lowest BCUT2D eigenvalue weighted by Gasteiger charge is -2.05. The highest BCUT2D eigenvalue weighted by Gasteiger charge is 2.03. The van der Waals surface area contributed by atoms with Crippen LogP contribution in [0.2, 0.25) is 0 Å². The number of phenolic OH excluding ortho intramolecular Hbond substituents is 1. The van der Waals surface area contributed by atoms with Crippen LogP contribution in [0.3, 0.4) is 0 Å². The van der Waals surface area contributed by atoms with Gasteiger partial charge in [0.1, 0.15) is 11.6 Å². The molecule has 0 saturated carbocycles. The maximum absolute atomic E-state index is 11.5. The van der Waals surface area contributed by atoms with Gasteiger partial charge in [-0.05, 0) is 30.8 Å². The third kappa shape index (κ3) is 2.95. The predicted molar refractivity (Wildman–Crippen MR) is 69.3 cm³/mol. The Labute approximate surface area is 105 Å². The fourth-order valence-corrected chi connectivity index (χ4v) is 1.61. The summed E-state index contributed by atoms with van der Waals surface area (Å²) in [6.07, 6.45) is 0. The third-order valence-electron chi connectivity index (χ3n) is 2.49. The van der Waals surface area contributed by atoms with E-state index in [1.807, 2.05) is 6.92 Å². The van der Waals surface area contributed by atoms with Gasteiger partial charge < -0.3 is 15.4 Å². The Morgan fingerprint density at radius 2 is 2.06 bits per heavy atom. The average molecular weight is 245 g/mol. The molecule has 18 heavy (non-hydrogen) atoms. The molecule has 0 amide bonds. The minimum absolute atomic E-state index is 0.180. The number of phenols is 1. The molecule has 0 atom stereocenters. The number of hydrogen-bond acceptors (Lipinski definition) is 4. The molecular formula is C13H15N3O2. The highest BCUT2D eigenvalue weighted by Crippen LogP contribution is 2.17. The number of benzene rings is 1. The standard InChI is InChI=1S/C13H15N3O2/c1-2-14-8-10-7-12(18)16-13(15-10)9-3-5-11(17)6-4-9/h3-7,14,17H,2,8H2,1H3,(H,15,16,18). The molecule has 0 unspecified atom stereocenters. The first kappa shape index (κ1) is 12.3. The van der Waals surface area contributed by atoms with Crippen molar-refractivity contribution in [3.8, 4) is 17.1 Å². The van der Waals surface area contributed by atoms with Crippen LogP contribution >= 0.6 is 0 Å². The van der Waals surface area contributed by atoms with E-state index >= 15 is 0 Å². The van der Waals surface area contributed by atoms with E-state index in [0.717, 1.165) is 12.1 Å². The van der Waals surface area contributed by atoms with Gasteiger partial charge in [-0.3, -0.25) is 4.79 Å². The summed E-state index contributed by atoms with van der Waals surface area (Å²) in [4.78, 5) is 18.6. The Morgan fingerprint density at radius 3 is 2.72 bits per heavy atom. The maximum atomic E-state index is 11.5. The fraction of sp³-hybridized carbons (Fsp3) is 0.231. The molecule has 5 nitrogen and oxygen atoms in total. The van der Waals surface area contributed by atoms with Crippen LogP contribution in [-0.4, -0.2) is 21.6 Å². The number of aromatic hydroxyl groups is 1. The first-order valence-corrected chi connectivity index (χ1v) is 5.79. The predicted octanol–water partition coefficient (Wildman–Crippen LogP) is 1.25. The molecule has 94 valence electrons. The lowest BCUT2D eigenvalue weighted by molar-refractivity contribution is 0.475. The molecule has 1 aromatic heterocycles. The Bertz CT molecular complexity index is 576. The highest BCUT2D eigenvalue weighted by molar-refractivity contribution is 5.55. The van der Waals surface area contributed by atoms with E-state index in [-0.39, 0.29) is 11.3 Å². The quantitative estimate of drug-likeness (QED) is 0.757. The smallest absolute Gasteiger partial charge is 0.251 e. The number of nitrogens with one attached hydrogen (secondary N) is 2. The molecule has 2 aromatic rings. The normalized spacial score (nSPS) is 10.5. The van der Waals surface area contributed by atoms with E-state index in [9.17, 15) is 9.90 Å². The van der Waals surface area contributed by atoms with Gasteiger partial charge in [-0.15, -0.1) is 0 Å². The highest BCUT2D eigenvalue weighted by atomic mass is 16.3. The van der Waals surface area contributed by atoms with Crippen molar-refractivity contribution in [2.75, 3.05) is 6.54 Å². The van der Waals surface area contributed by atoms with Gasteiger partial charge in [-0.2, -0.15) is 0 Å². The number of aromatic nitrogens is 2. The summed E-state index contributed by atoms with van der Waals surface area (Å²) >= 11 is 0. The molecule has 0 spiro atoms. The van der Waals surface area contributed by atoms with Crippen molar-refractivity contribution in [2.45, 2.75) is 13.5 Å². The van der Waals surface area contributed by atoms with Gasteiger partial charge in [0.2, 0.25) is 0 Å². The summed E-state index contributed by atoms with van der Waals surface area (Å²) < 4.78 is 0.